The molecule has 0 N–H and O–H groups in total. The number of carbonyl (C=O) groups excluding carboxylic acids is 2. The van der Waals surface area contributed by atoms with Crippen LogP contribution in [0, 0.1) is 0 Å². The molecule has 1 rings (SSSR count). The molecule has 82 valence electrons. The fourth-order valence-electron chi connectivity index (χ4n) is 1.14. The van der Waals surface area contributed by atoms with Crippen LogP contribution >= 0.6 is 0 Å². The van der Waals surface area contributed by atoms with Crippen molar-refractivity contribution in [3.63, 3.8) is 0 Å². The monoisotopic (exact) mass is 221 g/mol. The maximum absolute atomic E-state index is 12.4. The normalized spacial score (nSPS) is 11.5. The predicted octanol–water partition coefficient (Wildman–Crippen LogP) is -0.385. The van der Waals surface area contributed by atoms with Crippen LogP contribution in [0.2, 0.25) is 0 Å². The average molecular weight is 221 g/mol. The van der Waals surface area contributed by atoms with Crippen LogP contribution < -0.4 is 5.11 Å². The highest BCUT2D eigenvalue weighted by Crippen LogP contribution is 2.33. The fourth-order valence-corrected chi connectivity index (χ4v) is 1.14. The van der Waals surface area contributed by atoms with E-state index in [1.54, 1.807) is 0 Å². The van der Waals surface area contributed by atoms with Crippen LogP contribution in [0.1, 0.15) is 26.5 Å². The molecule has 0 aliphatic carbocycles. The van der Waals surface area contributed by atoms with Gasteiger partial charge in [0.15, 0.2) is 6.29 Å². The van der Waals surface area contributed by atoms with Crippen LogP contribution in [0.15, 0.2) is 0 Å². The molecule has 0 fully saturated rings. The van der Waals surface area contributed by atoms with Gasteiger partial charge in [-0.2, -0.15) is 18.3 Å². The summed E-state index contributed by atoms with van der Waals surface area (Å²) < 4.78 is 37.5. The molecule has 0 aliphatic heterocycles. The van der Waals surface area contributed by atoms with Crippen LogP contribution in [0.3, 0.4) is 0 Å². The molecule has 0 radical (unpaired) electrons. The lowest BCUT2D eigenvalue weighted by Gasteiger charge is -2.09. The summed E-state index contributed by atoms with van der Waals surface area (Å²) in [6, 6.07) is 0. The number of aromatic carboxylic acids is 1. The quantitative estimate of drug-likeness (QED) is 0.637. The van der Waals surface area contributed by atoms with Crippen molar-refractivity contribution >= 4 is 12.3 Å². The SMILES string of the molecule is Cn1nc(C=O)c(C(F)(F)F)c1C(=O)[O-]. The van der Waals surface area contributed by atoms with E-state index in [0.29, 0.717) is 4.68 Å². The summed E-state index contributed by atoms with van der Waals surface area (Å²) in [4.78, 5) is 20.7. The van der Waals surface area contributed by atoms with Crippen molar-refractivity contribution in [2.24, 2.45) is 7.05 Å². The zero-order valence-electron chi connectivity index (χ0n) is 7.33. The second kappa shape index (κ2) is 3.37. The number of hydrogen-bond donors (Lipinski definition) is 0. The molecule has 0 atom stereocenters. The molecule has 0 unspecified atom stereocenters. The van der Waals surface area contributed by atoms with Crippen LogP contribution in [-0.2, 0) is 13.2 Å². The molecule has 0 saturated carbocycles. The first-order valence-corrected chi connectivity index (χ1v) is 3.59. The van der Waals surface area contributed by atoms with Gasteiger partial charge in [-0.05, 0) is 0 Å². The minimum absolute atomic E-state index is 0.157. The molecule has 8 heteroatoms. The Labute approximate surface area is 81.1 Å². The number of rotatable bonds is 2. The van der Waals surface area contributed by atoms with E-state index >= 15 is 0 Å². The zero-order valence-corrected chi connectivity index (χ0v) is 7.33. The number of nitrogens with zero attached hydrogens (tertiary/aromatic N) is 2. The number of carboxylic acid groups (broad SMARTS) is 1. The van der Waals surface area contributed by atoms with Gasteiger partial charge in [0.2, 0.25) is 0 Å². The molecule has 0 bridgehead atoms. The standard InChI is InChI=1S/C7H5F3N2O3/c1-12-5(6(14)15)4(7(8,9)10)3(2-13)11-12/h2H,1H3,(H,14,15)/p-1. The Kier molecular flexibility index (Phi) is 2.52. The highest BCUT2D eigenvalue weighted by atomic mass is 19.4. The van der Waals surface area contributed by atoms with Gasteiger partial charge in [-0.1, -0.05) is 0 Å². The first-order valence-electron chi connectivity index (χ1n) is 3.59. The predicted molar refractivity (Wildman–Crippen MR) is 37.9 cm³/mol. The Hall–Kier alpha value is -1.86. The number of carbonyl (C=O) groups is 2. The molecular formula is C7H4F3N2O3-. The number of carboxylic acids is 1. The number of aldehydes is 1. The Morgan fingerprint density at radius 1 is 1.53 bits per heavy atom. The molecule has 15 heavy (non-hydrogen) atoms. The summed E-state index contributed by atoms with van der Waals surface area (Å²) in [5, 5.41) is 13.6. The van der Waals surface area contributed by atoms with E-state index in [0.717, 1.165) is 7.05 Å². The zero-order chi connectivity index (χ0) is 11.8. The van der Waals surface area contributed by atoms with Gasteiger partial charge in [-0.3, -0.25) is 9.48 Å². The number of alkyl halides is 3. The van der Waals surface area contributed by atoms with Gasteiger partial charge < -0.3 is 9.90 Å². The Morgan fingerprint density at radius 2 is 2.07 bits per heavy atom. The second-order valence-electron chi connectivity index (χ2n) is 2.64. The Morgan fingerprint density at radius 3 is 2.40 bits per heavy atom. The molecule has 0 amide bonds. The van der Waals surface area contributed by atoms with Gasteiger partial charge in [0.25, 0.3) is 0 Å². The van der Waals surface area contributed by atoms with E-state index in [4.69, 9.17) is 0 Å². The molecule has 1 aromatic rings. The van der Waals surface area contributed by atoms with E-state index < -0.39 is 29.1 Å². The van der Waals surface area contributed by atoms with E-state index in [9.17, 15) is 27.9 Å². The van der Waals surface area contributed by atoms with Crippen LogP contribution in [0.4, 0.5) is 13.2 Å². The maximum atomic E-state index is 12.4. The third-order valence-corrected chi connectivity index (χ3v) is 1.66. The highest BCUT2D eigenvalue weighted by Gasteiger charge is 2.39. The molecule has 0 spiro atoms. The van der Waals surface area contributed by atoms with Crippen molar-refractivity contribution in [1.82, 2.24) is 9.78 Å². The van der Waals surface area contributed by atoms with Crippen LogP contribution in [-0.4, -0.2) is 22.0 Å². The Bertz CT molecular complexity index is 422. The minimum Gasteiger partial charge on any atom is -0.543 e. The number of aryl methyl sites for hydroxylation is 1. The lowest BCUT2D eigenvalue weighted by atomic mass is 10.2. The lowest BCUT2D eigenvalue weighted by molar-refractivity contribution is -0.256. The number of halogens is 3. The van der Waals surface area contributed by atoms with Crippen LogP contribution in [0.25, 0.3) is 0 Å². The number of hydrogen-bond acceptors (Lipinski definition) is 4. The first kappa shape index (κ1) is 11.2. The van der Waals surface area contributed by atoms with Crippen molar-refractivity contribution in [3.05, 3.63) is 17.0 Å². The van der Waals surface area contributed by atoms with E-state index in [2.05, 4.69) is 5.10 Å². The van der Waals surface area contributed by atoms with Gasteiger partial charge >= 0.3 is 6.18 Å². The smallest absolute Gasteiger partial charge is 0.420 e. The molecule has 0 aliphatic rings. The van der Waals surface area contributed by atoms with Gasteiger partial charge in [-0.25, -0.2) is 0 Å². The molecule has 1 aromatic heterocycles. The summed E-state index contributed by atoms with van der Waals surface area (Å²) in [5.74, 6) is -2.04. The topological polar surface area (TPSA) is 75.0 Å². The van der Waals surface area contributed by atoms with Crippen molar-refractivity contribution < 1.29 is 27.9 Å². The summed E-state index contributed by atoms with van der Waals surface area (Å²) in [6.45, 7) is 0. The van der Waals surface area contributed by atoms with Crippen molar-refractivity contribution in [1.29, 1.82) is 0 Å². The van der Waals surface area contributed by atoms with Crippen molar-refractivity contribution in [2.75, 3.05) is 0 Å². The number of aromatic nitrogens is 2. The third kappa shape index (κ3) is 1.83. The van der Waals surface area contributed by atoms with Gasteiger partial charge in [0.1, 0.15) is 11.3 Å². The van der Waals surface area contributed by atoms with Gasteiger partial charge in [0, 0.05) is 7.05 Å². The third-order valence-electron chi connectivity index (χ3n) is 1.66. The highest BCUT2D eigenvalue weighted by molar-refractivity contribution is 5.89. The summed E-state index contributed by atoms with van der Waals surface area (Å²) in [6.07, 6.45) is -5.12. The molecule has 1 heterocycles. The Balaban J connectivity index is 3.57. The van der Waals surface area contributed by atoms with Gasteiger partial charge in [-0.15, -0.1) is 0 Å². The maximum Gasteiger partial charge on any atom is 0.420 e. The van der Waals surface area contributed by atoms with Crippen molar-refractivity contribution in [3.8, 4) is 0 Å². The van der Waals surface area contributed by atoms with Gasteiger partial charge in [0.05, 0.1) is 11.7 Å². The van der Waals surface area contributed by atoms with E-state index in [-0.39, 0.29) is 6.29 Å². The van der Waals surface area contributed by atoms with Crippen LogP contribution in [0.5, 0.6) is 0 Å². The summed E-state index contributed by atoms with van der Waals surface area (Å²) in [5.41, 5.74) is -3.71. The second-order valence-corrected chi connectivity index (χ2v) is 2.64. The fraction of sp³-hybridized carbons (Fsp3) is 0.286. The molecule has 0 saturated heterocycles. The average Bonchev–Trinajstić information content (AvgIpc) is 2.41. The van der Waals surface area contributed by atoms with E-state index in [1.807, 2.05) is 0 Å². The summed E-state index contributed by atoms with van der Waals surface area (Å²) in [7, 11) is 0.980. The summed E-state index contributed by atoms with van der Waals surface area (Å²) >= 11 is 0. The largest absolute Gasteiger partial charge is 0.543 e. The molecule has 0 aromatic carbocycles. The first-order chi connectivity index (χ1) is 6.79. The van der Waals surface area contributed by atoms with E-state index in [1.165, 1.54) is 0 Å². The lowest BCUT2D eigenvalue weighted by Crippen LogP contribution is -2.28. The minimum atomic E-state index is -4.96. The molecular weight excluding hydrogens is 217 g/mol. The van der Waals surface area contributed by atoms with Crippen molar-refractivity contribution in [2.45, 2.75) is 6.18 Å². The molecule has 5 nitrogen and oxygen atoms in total.